The highest BCUT2D eigenvalue weighted by atomic mass is 35.5. The first-order valence-corrected chi connectivity index (χ1v) is 5.52. The van der Waals surface area contributed by atoms with Crippen LogP contribution >= 0.6 is 22.9 Å². The lowest BCUT2D eigenvalue weighted by molar-refractivity contribution is -0.134. The standard InChI is InChI=1S/C8H8ClF3N2S/c9-6-4-3-14-13-2-1-5(4)15-7(6)8(10,11)12/h13-14H,1-3H2. The van der Waals surface area contributed by atoms with Crippen molar-refractivity contribution in [1.82, 2.24) is 10.9 Å². The monoisotopic (exact) mass is 256 g/mol. The van der Waals surface area contributed by atoms with Crippen LogP contribution in [0.3, 0.4) is 0 Å². The molecule has 84 valence electrons. The molecule has 1 aliphatic heterocycles. The summed E-state index contributed by atoms with van der Waals surface area (Å²) in [5, 5.41) is -0.154. The molecule has 0 aromatic carbocycles. The van der Waals surface area contributed by atoms with Crippen molar-refractivity contribution in [1.29, 1.82) is 0 Å². The Bertz CT molecular complexity index is 375. The topological polar surface area (TPSA) is 24.1 Å². The Hall–Kier alpha value is -0.300. The molecule has 0 atom stereocenters. The first-order chi connectivity index (χ1) is 7.00. The van der Waals surface area contributed by atoms with Crippen LogP contribution in [0.5, 0.6) is 0 Å². The zero-order valence-corrected chi connectivity index (χ0v) is 9.11. The van der Waals surface area contributed by atoms with Gasteiger partial charge in [-0.15, -0.1) is 11.3 Å². The van der Waals surface area contributed by atoms with Crippen LogP contribution in [0.2, 0.25) is 5.02 Å². The van der Waals surface area contributed by atoms with Crippen molar-refractivity contribution in [2.24, 2.45) is 0 Å². The number of halogens is 4. The number of nitrogens with one attached hydrogen (secondary N) is 2. The average Bonchev–Trinajstić information content (AvgIpc) is 2.36. The van der Waals surface area contributed by atoms with E-state index >= 15 is 0 Å². The van der Waals surface area contributed by atoms with Gasteiger partial charge in [-0.3, -0.25) is 10.9 Å². The maximum absolute atomic E-state index is 12.5. The Morgan fingerprint density at radius 3 is 2.67 bits per heavy atom. The maximum atomic E-state index is 12.5. The van der Waals surface area contributed by atoms with E-state index in [2.05, 4.69) is 10.9 Å². The second kappa shape index (κ2) is 3.93. The third kappa shape index (κ3) is 2.13. The van der Waals surface area contributed by atoms with Crippen molar-refractivity contribution in [3.63, 3.8) is 0 Å². The van der Waals surface area contributed by atoms with Crippen molar-refractivity contribution < 1.29 is 13.2 Å². The van der Waals surface area contributed by atoms with Crippen LogP contribution in [-0.4, -0.2) is 6.54 Å². The van der Waals surface area contributed by atoms with Gasteiger partial charge in [-0.2, -0.15) is 13.2 Å². The molecule has 7 heteroatoms. The van der Waals surface area contributed by atoms with Crippen LogP contribution < -0.4 is 10.9 Å². The van der Waals surface area contributed by atoms with Gasteiger partial charge in [0, 0.05) is 23.5 Å². The van der Waals surface area contributed by atoms with Gasteiger partial charge < -0.3 is 0 Å². The highest BCUT2D eigenvalue weighted by Gasteiger charge is 2.37. The Labute approximate surface area is 93.4 Å². The van der Waals surface area contributed by atoms with Gasteiger partial charge in [0.15, 0.2) is 0 Å². The van der Waals surface area contributed by atoms with Gasteiger partial charge in [-0.1, -0.05) is 11.6 Å². The summed E-state index contributed by atoms with van der Waals surface area (Å²) in [6.45, 7) is 0.946. The Morgan fingerprint density at radius 1 is 1.27 bits per heavy atom. The highest BCUT2D eigenvalue weighted by Crippen LogP contribution is 2.43. The minimum atomic E-state index is -4.35. The molecule has 1 aromatic heterocycles. The van der Waals surface area contributed by atoms with Crippen LogP contribution in [-0.2, 0) is 19.1 Å². The van der Waals surface area contributed by atoms with E-state index in [9.17, 15) is 13.2 Å². The number of hydrazine groups is 1. The molecule has 1 aromatic rings. The Morgan fingerprint density at radius 2 is 2.00 bits per heavy atom. The zero-order valence-electron chi connectivity index (χ0n) is 7.54. The third-order valence-electron chi connectivity index (χ3n) is 2.15. The maximum Gasteiger partial charge on any atom is 0.427 e. The van der Waals surface area contributed by atoms with Gasteiger partial charge in [0.25, 0.3) is 0 Å². The van der Waals surface area contributed by atoms with Crippen LogP contribution in [0.4, 0.5) is 13.2 Å². The minimum Gasteiger partial charge on any atom is -0.257 e. The summed E-state index contributed by atoms with van der Waals surface area (Å²) in [6, 6.07) is 0. The van der Waals surface area contributed by atoms with Crippen LogP contribution in [0.15, 0.2) is 0 Å². The first-order valence-electron chi connectivity index (χ1n) is 4.33. The molecule has 2 rings (SSSR count). The second-order valence-electron chi connectivity index (χ2n) is 3.17. The van der Waals surface area contributed by atoms with Crippen LogP contribution in [0.1, 0.15) is 15.3 Å². The van der Waals surface area contributed by atoms with E-state index in [0.29, 0.717) is 30.0 Å². The second-order valence-corrected chi connectivity index (χ2v) is 4.66. The average molecular weight is 257 g/mol. The Balaban J connectivity index is 2.45. The largest absolute Gasteiger partial charge is 0.427 e. The van der Waals surface area contributed by atoms with Gasteiger partial charge in [0.1, 0.15) is 4.88 Å². The van der Waals surface area contributed by atoms with Crippen molar-refractivity contribution in [3.05, 3.63) is 20.3 Å². The molecule has 0 bridgehead atoms. The molecule has 15 heavy (non-hydrogen) atoms. The Kier molecular flexibility index (Phi) is 2.94. The quantitative estimate of drug-likeness (QED) is 0.746. The summed E-state index contributed by atoms with van der Waals surface area (Å²) in [5.74, 6) is 0. The molecular weight excluding hydrogens is 249 g/mol. The molecular formula is C8H8ClF3N2S. The van der Waals surface area contributed by atoms with Crippen LogP contribution in [0, 0.1) is 0 Å². The van der Waals surface area contributed by atoms with E-state index in [1.807, 2.05) is 0 Å². The number of thiophene rings is 1. The summed E-state index contributed by atoms with van der Waals surface area (Å²) in [4.78, 5) is 0.0303. The van der Waals surface area contributed by atoms with Crippen molar-refractivity contribution in [2.45, 2.75) is 19.1 Å². The van der Waals surface area contributed by atoms with Gasteiger partial charge in [-0.05, 0) is 6.42 Å². The summed E-state index contributed by atoms with van der Waals surface area (Å²) in [5.41, 5.74) is 6.26. The van der Waals surface area contributed by atoms with Crippen molar-refractivity contribution >= 4 is 22.9 Å². The number of rotatable bonds is 0. The molecule has 0 aliphatic carbocycles. The predicted molar refractivity (Wildman–Crippen MR) is 52.9 cm³/mol. The number of fused-ring (bicyclic) bond motifs is 1. The number of alkyl halides is 3. The molecule has 2 N–H and O–H groups in total. The van der Waals surface area contributed by atoms with E-state index in [1.54, 1.807) is 0 Å². The lowest BCUT2D eigenvalue weighted by Gasteiger charge is -2.04. The third-order valence-corrected chi connectivity index (χ3v) is 4.02. The number of hydrogen-bond donors (Lipinski definition) is 2. The summed E-state index contributed by atoms with van der Waals surface area (Å²) < 4.78 is 37.6. The van der Waals surface area contributed by atoms with E-state index < -0.39 is 11.1 Å². The molecule has 0 radical (unpaired) electrons. The van der Waals surface area contributed by atoms with Gasteiger partial charge in [0.2, 0.25) is 0 Å². The molecule has 0 unspecified atom stereocenters. The molecule has 0 fully saturated rings. The molecule has 0 amide bonds. The van der Waals surface area contributed by atoms with Crippen LogP contribution in [0.25, 0.3) is 0 Å². The van der Waals surface area contributed by atoms with E-state index in [1.165, 1.54) is 0 Å². The molecule has 0 saturated heterocycles. The van der Waals surface area contributed by atoms with Crippen molar-refractivity contribution in [3.8, 4) is 0 Å². The predicted octanol–water partition coefficient (Wildman–Crippen LogP) is 2.57. The molecule has 1 aliphatic rings. The minimum absolute atomic E-state index is 0.154. The fourth-order valence-corrected chi connectivity index (χ4v) is 3.00. The fraction of sp³-hybridized carbons (Fsp3) is 0.500. The van der Waals surface area contributed by atoms with E-state index in [-0.39, 0.29) is 5.02 Å². The molecule has 0 spiro atoms. The molecule has 2 heterocycles. The zero-order chi connectivity index (χ0) is 11.1. The lowest BCUT2D eigenvalue weighted by Crippen LogP contribution is -2.30. The summed E-state index contributed by atoms with van der Waals surface area (Å²) in [6.07, 6.45) is -3.77. The van der Waals surface area contributed by atoms with E-state index in [4.69, 9.17) is 11.6 Å². The molecule has 0 saturated carbocycles. The lowest BCUT2D eigenvalue weighted by atomic mass is 10.2. The molecule has 2 nitrogen and oxygen atoms in total. The van der Waals surface area contributed by atoms with E-state index in [0.717, 1.165) is 11.3 Å². The van der Waals surface area contributed by atoms with Gasteiger partial charge in [-0.25, -0.2) is 0 Å². The smallest absolute Gasteiger partial charge is 0.257 e. The summed E-state index contributed by atoms with van der Waals surface area (Å²) >= 11 is 6.47. The SMILES string of the molecule is FC(F)(F)c1sc2c(c1Cl)CNNCC2. The first kappa shape index (κ1) is 11.2. The van der Waals surface area contributed by atoms with Gasteiger partial charge in [0.05, 0.1) is 5.02 Å². The summed E-state index contributed by atoms with van der Waals surface area (Å²) in [7, 11) is 0. The fourth-order valence-electron chi connectivity index (χ4n) is 1.46. The number of hydrogen-bond acceptors (Lipinski definition) is 3. The normalized spacial score (nSPS) is 17.3. The van der Waals surface area contributed by atoms with Crippen molar-refractivity contribution in [2.75, 3.05) is 6.54 Å². The highest BCUT2D eigenvalue weighted by molar-refractivity contribution is 7.13. The van der Waals surface area contributed by atoms with Gasteiger partial charge >= 0.3 is 6.18 Å².